The fraction of sp³-hybridized carbons (Fsp3) is 0.459. The molecule has 0 radical (unpaired) electrons. The molecule has 2 fully saturated rings. The van der Waals surface area contributed by atoms with Crippen LogP contribution in [0, 0.1) is 0 Å². The normalized spacial score (nSPS) is 20.0. The minimum atomic E-state index is -0.536. The van der Waals surface area contributed by atoms with Crippen molar-refractivity contribution in [1.29, 1.82) is 0 Å². The summed E-state index contributed by atoms with van der Waals surface area (Å²) < 4.78 is 11.1. The van der Waals surface area contributed by atoms with Crippen molar-refractivity contribution >= 4 is 12.2 Å². The number of carbonyl (C=O) groups is 2. The van der Waals surface area contributed by atoms with Gasteiger partial charge in [-0.2, -0.15) is 0 Å². The van der Waals surface area contributed by atoms with E-state index < -0.39 is 11.2 Å². The van der Waals surface area contributed by atoms with Crippen LogP contribution in [0.2, 0.25) is 0 Å². The first kappa shape index (κ1) is 32.3. The van der Waals surface area contributed by atoms with Gasteiger partial charge in [-0.25, -0.2) is 19.6 Å². The van der Waals surface area contributed by atoms with E-state index in [2.05, 4.69) is 68.8 Å². The standard InChI is InChI=1S/C37H46N6O4/c1-36(2,3)46-34(44)42-28-10-7-9-27(28)32-38-21-29(40-32)25-16-12-23(13-17-25)24-14-18-26(19-15-24)30-22-39-33(41-30)31-11-8-20-43(31)35(45)47-37(4,5)6/h12-19,21-22,27-28,31H,7-11,20H2,1-6H3,(H,38,40)(H,39,41)(H,42,44)/t27-,28-,31+/m1/s1. The lowest BCUT2D eigenvalue weighted by Crippen LogP contribution is -2.40. The van der Waals surface area contributed by atoms with Gasteiger partial charge in [0.25, 0.3) is 0 Å². The van der Waals surface area contributed by atoms with Crippen LogP contribution < -0.4 is 5.32 Å². The second kappa shape index (κ2) is 12.9. The van der Waals surface area contributed by atoms with Gasteiger partial charge < -0.3 is 24.8 Å². The van der Waals surface area contributed by atoms with E-state index in [9.17, 15) is 9.59 Å². The zero-order valence-corrected chi connectivity index (χ0v) is 28.2. The van der Waals surface area contributed by atoms with Crippen molar-refractivity contribution in [2.75, 3.05) is 6.54 Å². The minimum Gasteiger partial charge on any atom is -0.444 e. The number of nitrogens with one attached hydrogen (secondary N) is 3. The second-order valence-corrected chi connectivity index (χ2v) is 14.6. The van der Waals surface area contributed by atoms with Gasteiger partial charge in [0.2, 0.25) is 0 Å². The van der Waals surface area contributed by atoms with Gasteiger partial charge in [-0.05, 0) is 89.5 Å². The molecule has 2 aromatic carbocycles. The number of aromatic amines is 2. The lowest BCUT2D eigenvalue weighted by atomic mass is 10.0. The average molecular weight is 639 g/mol. The van der Waals surface area contributed by atoms with Crippen molar-refractivity contribution in [2.45, 2.75) is 103 Å². The topological polar surface area (TPSA) is 125 Å². The zero-order valence-electron chi connectivity index (χ0n) is 28.2. The Hall–Kier alpha value is -4.60. The van der Waals surface area contributed by atoms with Crippen molar-refractivity contribution < 1.29 is 19.1 Å². The van der Waals surface area contributed by atoms with Gasteiger partial charge in [-0.15, -0.1) is 0 Å². The number of carbonyl (C=O) groups excluding carboxylic acids is 2. The molecule has 1 aliphatic heterocycles. The molecule has 3 atom stereocenters. The molecule has 10 heteroatoms. The monoisotopic (exact) mass is 638 g/mol. The number of rotatable bonds is 6. The third kappa shape index (κ3) is 7.69. The Morgan fingerprint density at radius 1 is 0.723 bits per heavy atom. The molecule has 2 amide bonds. The summed E-state index contributed by atoms with van der Waals surface area (Å²) in [4.78, 5) is 43.2. The first-order valence-corrected chi connectivity index (χ1v) is 16.6. The highest BCUT2D eigenvalue weighted by Gasteiger charge is 2.35. The lowest BCUT2D eigenvalue weighted by molar-refractivity contribution is 0.0218. The number of likely N-dealkylation sites (tertiary alicyclic amines) is 1. The van der Waals surface area contributed by atoms with Gasteiger partial charge >= 0.3 is 12.2 Å². The molecular formula is C37H46N6O4. The number of H-pyrrole nitrogens is 2. The molecule has 0 unspecified atom stereocenters. The van der Waals surface area contributed by atoms with E-state index in [1.54, 1.807) is 4.90 Å². The maximum absolute atomic E-state index is 12.8. The Morgan fingerprint density at radius 2 is 1.26 bits per heavy atom. The van der Waals surface area contributed by atoms with Crippen molar-refractivity contribution in [3.05, 3.63) is 72.6 Å². The summed E-state index contributed by atoms with van der Waals surface area (Å²) in [6.07, 6.45) is 7.71. The SMILES string of the molecule is CC(C)(C)OC(=O)N[C@@H]1CCC[C@H]1c1ncc(-c2ccc(-c3ccc(-c4cnc([C@@H]5CCCN5C(=O)OC(C)(C)C)[nH]4)cc3)cc2)[nH]1. The number of amides is 2. The summed E-state index contributed by atoms with van der Waals surface area (Å²) in [7, 11) is 0. The van der Waals surface area contributed by atoms with Gasteiger partial charge in [-0.1, -0.05) is 55.0 Å². The predicted octanol–water partition coefficient (Wildman–Crippen LogP) is 8.37. The number of aromatic nitrogens is 4. The molecule has 3 N–H and O–H groups in total. The fourth-order valence-corrected chi connectivity index (χ4v) is 6.52. The molecule has 47 heavy (non-hydrogen) atoms. The molecule has 10 nitrogen and oxygen atoms in total. The predicted molar refractivity (Wildman–Crippen MR) is 182 cm³/mol. The van der Waals surface area contributed by atoms with Crippen LogP contribution in [0.1, 0.15) is 97.3 Å². The van der Waals surface area contributed by atoms with Crippen molar-refractivity contribution in [1.82, 2.24) is 30.2 Å². The third-order valence-corrected chi connectivity index (χ3v) is 8.68. The molecule has 4 aromatic rings. The van der Waals surface area contributed by atoms with Crippen LogP contribution in [0.25, 0.3) is 33.6 Å². The van der Waals surface area contributed by atoms with Crippen molar-refractivity contribution in [3.8, 4) is 33.6 Å². The lowest BCUT2D eigenvalue weighted by Gasteiger charge is -2.27. The number of benzene rings is 2. The Labute approximate surface area is 276 Å². The van der Waals surface area contributed by atoms with Crippen LogP contribution in [0.15, 0.2) is 60.9 Å². The third-order valence-electron chi connectivity index (χ3n) is 8.68. The number of hydrogen-bond acceptors (Lipinski definition) is 6. The molecule has 2 aliphatic rings. The number of alkyl carbamates (subject to hydrolysis) is 1. The molecule has 248 valence electrons. The van der Waals surface area contributed by atoms with Gasteiger partial charge in [-0.3, -0.25) is 4.90 Å². The maximum Gasteiger partial charge on any atom is 0.410 e. The molecule has 1 saturated carbocycles. The second-order valence-electron chi connectivity index (χ2n) is 14.6. The van der Waals surface area contributed by atoms with E-state index in [1.165, 1.54) is 0 Å². The maximum atomic E-state index is 12.8. The smallest absolute Gasteiger partial charge is 0.410 e. The average Bonchev–Trinajstić information content (AvgIpc) is 3.82. The van der Waals surface area contributed by atoms with Crippen molar-refractivity contribution in [2.24, 2.45) is 0 Å². The molecule has 3 heterocycles. The van der Waals surface area contributed by atoms with E-state index in [4.69, 9.17) is 14.5 Å². The Balaban J connectivity index is 1.09. The van der Waals surface area contributed by atoms with Crippen molar-refractivity contribution in [3.63, 3.8) is 0 Å². The van der Waals surface area contributed by atoms with Crippen LogP contribution in [-0.4, -0.2) is 60.8 Å². The van der Waals surface area contributed by atoms with Crippen LogP contribution in [0.4, 0.5) is 9.59 Å². The first-order chi connectivity index (χ1) is 22.3. The minimum absolute atomic E-state index is 0.00261. The van der Waals surface area contributed by atoms with E-state index in [1.807, 2.05) is 53.9 Å². The highest BCUT2D eigenvalue weighted by molar-refractivity contribution is 5.72. The summed E-state index contributed by atoms with van der Waals surface area (Å²) in [5, 5.41) is 3.05. The van der Waals surface area contributed by atoms with Gasteiger partial charge in [0.1, 0.15) is 22.9 Å². The Bertz CT molecular complexity index is 1690. The highest BCUT2D eigenvalue weighted by atomic mass is 16.6. The summed E-state index contributed by atoms with van der Waals surface area (Å²) in [6, 6.07) is 16.7. The Kier molecular flexibility index (Phi) is 8.87. The molecule has 0 spiro atoms. The van der Waals surface area contributed by atoms with Gasteiger partial charge in [0, 0.05) is 18.5 Å². The van der Waals surface area contributed by atoms with E-state index in [0.717, 1.165) is 77.4 Å². The summed E-state index contributed by atoms with van der Waals surface area (Å²) in [6.45, 7) is 11.9. The quantitative estimate of drug-likeness (QED) is 0.195. The molecular weight excluding hydrogens is 592 g/mol. The van der Waals surface area contributed by atoms with Crippen LogP contribution >= 0.6 is 0 Å². The molecule has 2 aromatic heterocycles. The molecule has 6 rings (SSSR count). The fourth-order valence-electron chi connectivity index (χ4n) is 6.52. The van der Waals surface area contributed by atoms with E-state index in [-0.39, 0.29) is 30.2 Å². The van der Waals surface area contributed by atoms with Crippen LogP contribution in [-0.2, 0) is 9.47 Å². The zero-order chi connectivity index (χ0) is 33.3. The number of nitrogens with zero attached hydrogens (tertiary/aromatic N) is 3. The summed E-state index contributed by atoms with van der Waals surface area (Å²) in [5.74, 6) is 1.81. The molecule has 1 aliphatic carbocycles. The number of ether oxygens (including phenoxy) is 2. The molecule has 1 saturated heterocycles. The first-order valence-electron chi connectivity index (χ1n) is 16.6. The number of hydrogen-bond donors (Lipinski definition) is 3. The van der Waals surface area contributed by atoms with Crippen LogP contribution in [0.5, 0.6) is 0 Å². The van der Waals surface area contributed by atoms with E-state index >= 15 is 0 Å². The largest absolute Gasteiger partial charge is 0.444 e. The van der Waals surface area contributed by atoms with Gasteiger partial charge in [0.15, 0.2) is 0 Å². The molecule has 0 bridgehead atoms. The Morgan fingerprint density at radius 3 is 1.83 bits per heavy atom. The van der Waals surface area contributed by atoms with Crippen LogP contribution in [0.3, 0.4) is 0 Å². The number of imidazole rings is 2. The van der Waals surface area contributed by atoms with Gasteiger partial charge in [0.05, 0.1) is 29.8 Å². The van der Waals surface area contributed by atoms with E-state index in [0.29, 0.717) is 6.54 Å². The summed E-state index contributed by atoms with van der Waals surface area (Å²) in [5.41, 5.74) is 5.11. The summed E-state index contributed by atoms with van der Waals surface area (Å²) >= 11 is 0. The highest BCUT2D eigenvalue weighted by Crippen LogP contribution is 2.36.